The minimum atomic E-state index is -2.98. The lowest BCUT2D eigenvalue weighted by Gasteiger charge is -2.08. The van der Waals surface area contributed by atoms with E-state index in [0.717, 1.165) is 27.7 Å². The molecule has 2 aromatic carbocycles. The third kappa shape index (κ3) is 6.63. The van der Waals surface area contributed by atoms with Crippen LogP contribution in [-0.2, 0) is 21.9 Å². The number of aryl methyl sites for hydroxylation is 1. The quantitative estimate of drug-likeness (QED) is 0.636. The van der Waals surface area contributed by atoms with Gasteiger partial charge >= 0.3 is 0 Å². The minimum absolute atomic E-state index is 0.403. The molecule has 0 heterocycles. The zero-order valence-corrected chi connectivity index (χ0v) is 15.6. The molecule has 23 heavy (non-hydrogen) atoms. The summed E-state index contributed by atoms with van der Waals surface area (Å²) in [7, 11) is -2.02. The van der Waals surface area contributed by atoms with E-state index in [4.69, 9.17) is 27.9 Å². The predicted molar refractivity (Wildman–Crippen MR) is 98.2 cm³/mol. The lowest BCUT2D eigenvalue weighted by Crippen LogP contribution is -1.97. The summed E-state index contributed by atoms with van der Waals surface area (Å²) in [6.45, 7) is 0.403. The highest BCUT2D eigenvalue weighted by molar-refractivity contribution is 8.71. The van der Waals surface area contributed by atoms with E-state index in [1.54, 1.807) is 12.1 Å². The first-order valence-corrected chi connectivity index (χ1v) is 11.0. The Morgan fingerprint density at radius 3 is 2.26 bits per heavy atom. The third-order valence-electron chi connectivity index (χ3n) is 3.00. The molecular formula is C16H16Cl2O3S2. The van der Waals surface area contributed by atoms with E-state index in [9.17, 15) is 8.42 Å². The van der Waals surface area contributed by atoms with E-state index in [1.165, 1.54) is 6.26 Å². The van der Waals surface area contributed by atoms with Gasteiger partial charge in [-0.1, -0.05) is 41.4 Å². The fraction of sp³-hybridized carbons (Fsp3) is 0.250. The molecule has 3 nitrogen and oxygen atoms in total. The Balaban J connectivity index is 1.86. The van der Waals surface area contributed by atoms with Gasteiger partial charge in [-0.05, 0) is 52.6 Å². The molecule has 0 aliphatic carbocycles. The van der Waals surface area contributed by atoms with Gasteiger partial charge in [0.05, 0.1) is 10.0 Å². The van der Waals surface area contributed by atoms with Gasteiger partial charge < -0.3 is 4.74 Å². The van der Waals surface area contributed by atoms with Gasteiger partial charge in [0.15, 0.2) is 8.87 Å². The average molecular weight is 391 g/mol. The predicted octanol–water partition coefficient (Wildman–Crippen LogP) is 4.81. The maximum Gasteiger partial charge on any atom is 0.198 e. The van der Waals surface area contributed by atoms with Crippen molar-refractivity contribution in [2.45, 2.75) is 13.0 Å². The summed E-state index contributed by atoms with van der Waals surface area (Å²) in [6, 6.07) is 13.0. The Labute approximate surface area is 150 Å². The average Bonchev–Trinajstić information content (AvgIpc) is 2.48. The lowest BCUT2D eigenvalue weighted by atomic mass is 10.2. The van der Waals surface area contributed by atoms with Crippen LogP contribution in [0.1, 0.15) is 11.1 Å². The van der Waals surface area contributed by atoms with E-state index in [0.29, 0.717) is 28.8 Å². The standard InChI is InChI=1S/C16H16Cl2O3S2/c1-23(19,20)22-9-8-12-2-5-14(6-3-12)21-11-13-4-7-15(17)16(18)10-13/h2-7,10H,8-9,11H2,1H3. The van der Waals surface area contributed by atoms with Crippen LogP contribution in [0.25, 0.3) is 0 Å². The summed E-state index contributed by atoms with van der Waals surface area (Å²) in [4.78, 5) is 0. The molecule has 0 bridgehead atoms. The molecule has 124 valence electrons. The molecule has 7 heteroatoms. The molecular weight excluding hydrogens is 375 g/mol. The zero-order valence-electron chi connectivity index (χ0n) is 12.5. The van der Waals surface area contributed by atoms with Gasteiger partial charge in [0.25, 0.3) is 0 Å². The Kier molecular flexibility index (Phi) is 6.65. The van der Waals surface area contributed by atoms with Gasteiger partial charge in [-0.25, -0.2) is 8.42 Å². The van der Waals surface area contributed by atoms with Gasteiger partial charge in [0.2, 0.25) is 0 Å². The summed E-state index contributed by atoms with van der Waals surface area (Å²) >= 11 is 11.8. The van der Waals surface area contributed by atoms with Crippen LogP contribution in [0.4, 0.5) is 0 Å². The first kappa shape index (κ1) is 18.5. The first-order valence-electron chi connectivity index (χ1n) is 6.83. The van der Waals surface area contributed by atoms with Crippen LogP contribution >= 0.6 is 34.0 Å². The van der Waals surface area contributed by atoms with Crippen LogP contribution in [0.3, 0.4) is 0 Å². The largest absolute Gasteiger partial charge is 0.489 e. The number of halogens is 2. The maximum absolute atomic E-state index is 11.1. The molecule has 0 fully saturated rings. The number of ether oxygens (including phenoxy) is 1. The molecule has 0 aliphatic rings. The molecule has 0 aliphatic heterocycles. The van der Waals surface area contributed by atoms with Gasteiger partial charge in [-0.2, -0.15) is 0 Å². The van der Waals surface area contributed by atoms with Crippen molar-refractivity contribution in [3.05, 3.63) is 63.6 Å². The fourth-order valence-corrected chi connectivity index (χ4v) is 3.96. The third-order valence-corrected chi connectivity index (χ3v) is 6.32. The first-order chi connectivity index (χ1) is 10.8. The van der Waals surface area contributed by atoms with Crippen molar-refractivity contribution in [3.8, 4) is 5.75 Å². The zero-order chi connectivity index (χ0) is 16.9. The van der Waals surface area contributed by atoms with E-state index in [2.05, 4.69) is 0 Å². The summed E-state index contributed by atoms with van der Waals surface area (Å²) < 4.78 is 27.8. The summed E-state index contributed by atoms with van der Waals surface area (Å²) in [6.07, 6.45) is 1.92. The van der Waals surface area contributed by atoms with Gasteiger partial charge in [0, 0.05) is 12.0 Å². The number of benzene rings is 2. The number of hydrogen-bond acceptors (Lipinski definition) is 4. The van der Waals surface area contributed by atoms with Crippen molar-refractivity contribution >= 4 is 42.9 Å². The molecule has 0 spiro atoms. The lowest BCUT2D eigenvalue weighted by molar-refractivity contribution is 0.306. The Morgan fingerprint density at radius 1 is 1.00 bits per heavy atom. The van der Waals surface area contributed by atoms with Crippen molar-refractivity contribution in [1.29, 1.82) is 0 Å². The Morgan fingerprint density at radius 2 is 1.65 bits per heavy atom. The Hall–Kier alpha value is -0.880. The molecule has 0 radical (unpaired) electrons. The van der Waals surface area contributed by atoms with Gasteiger partial charge in [-0.3, -0.25) is 0 Å². The van der Waals surface area contributed by atoms with Gasteiger partial charge in [0.1, 0.15) is 12.4 Å². The summed E-state index contributed by atoms with van der Waals surface area (Å²) in [5.74, 6) is 1.29. The topological polar surface area (TPSA) is 43.4 Å². The maximum atomic E-state index is 11.1. The molecule has 2 rings (SSSR count). The summed E-state index contributed by atoms with van der Waals surface area (Å²) in [5, 5.41) is 1.03. The van der Waals surface area contributed by atoms with E-state index < -0.39 is 8.87 Å². The molecule has 0 saturated carbocycles. The SMILES string of the molecule is CS(=O)(=O)SCCc1ccc(OCc2ccc(Cl)c(Cl)c2)cc1. The molecule has 0 amide bonds. The van der Waals surface area contributed by atoms with Crippen molar-refractivity contribution < 1.29 is 13.2 Å². The number of rotatable bonds is 7. The highest BCUT2D eigenvalue weighted by atomic mass is 35.5. The highest BCUT2D eigenvalue weighted by Crippen LogP contribution is 2.23. The van der Waals surface area contributed by atoms with E-state index in [1.807, 2.05) is 30.3 Å². The van der Waals surface area contributed by atoms with Crippen molar-refractivity contribution in [1.82, 2.24) is 0 Å². The molecule has 2 aromatic rings. The van der Waals surface area contributed by atoms with Crippen molar-refractivity contribution in [2.75, 3.05) is 12.0 Å². The van der Waals surface area contributed by atoms with Crippen molar-refractivity contribution in [3.63, 3.8) is 0 Å². The monoisotopic (exact) mass is 390 g/mol. The van der Waals surface area contributed by atoms with Crippen LogP contribution in [-0.4, -0.2) is 20.4 Å². The normalized spacial score (nSPS) is 11.4. The second kappa shape index (κ2) is 8.29. The van der Waals surface area contributed by atoms with Crippen LogP contribution in [0, 0.1) is 0 Å². The minimum Gasteiger partial charge on any atom is -0.489 e. The van der Waals surface area contributed by atoms with Crippen LogP contribution in [0.15, 0.2) is 42.5 Å². The molecule has 0 N–H and O–H groups in total. The summed E-state index contributed by atoms with van der Waals surface area (Å²) in [5.41, 5.74) is 2.01. The van der Waals surface area contributed by atoms with E-state index in [-0.39, 0.29) is 0 Å². The highest BCUT2D eigenvalue weighted by Gasteiger charge is 2.04. The Bertz CT molecular complexity index is 759. The molecule has 0 saturated heterocycles. The van der Waals surface area contributed by atoms with Gasteiger partial charge in [-0.15, -0.1) is 0 Å². The van der Waals surface area contributed by atoms with Crippen LogP contribution < -0.4 is 4.74 Å². The second-order valence-electron chi connectivity index (χ2n) is 4.96. The number of hydrogen-bond donors (Lipinski definition) is 0. The molecule has 0 unspecified atom stereocenters. The smallest absolute Gasteiger partial charge is 0.198 e. The van der Waals surface area contributed by atoms with E-state index >= 15 is 0 Å². The van der Waals surface area contributed by atoms with Crippen LogP contribution in [0.5, 0.6) is 5.75 Å². The fourth-order valence-electron chi connectivity index (χ4n) is 1.86. The molecule has 0 atom stereocenters. The van der Waals surface area contributed by atoms with Crippen LogP contribution in [0.2, 0.25) is 10.0 Å². The second-order valence-corrected chi connectivity index (χ2v) is 10.3. The van der Waals surface area contributed by atoms with Crippen molar-refractivity contribution in [2.24, 2.45) is 0 Å². The molecule has 0 aromatic heterocycles.